The average molecular weight is 245 g/mol. The first-order chi connectivity index (χ1) is 8.93. The van der Waals surface area contributed by atoms with E-state index in [1.807, 2.05) is 0 Å². The maximum Gasteiger partial charge on any atom is 0.128 e. The second-order valence-corrected chi connectivity index (χ2v) is 5.50. The van der Waals surface area contributed by atoms with Crippen molar-refractivity contribution in [1.29, 1.82) is 0 Å². The van der Waals surface area contributed by atoms with Gasteiger partial charge in [-0.3, -0.25) is 0 Å². The van der Waals surface area contributed by atoms with E-state index in [1.165, 1.54) is 63.0 Å². The van der Waals surface area contributed by atoms with E-state index < -0.39 is 0 Å². The lowest BCUT2D eigenvalue weighted by Gasteiger charge is -2.22. The van der Waals surface area contributed by atoms with E-state index in [4.69, 9.17) is 0 Å². The van der Waals surface area contributed by atoms with Gasteiger partial charge in [0.2, 0.25) is 0 Å². The minimum absolute atomic E-state index is 0.538. The molecule has 1 atom stereocenters. The Balaban J connectivity index is 1.69. The van der Waals surface area contributed by atoms with Crippen molar-refractivity contribution in [3.8, 4) is 0 Å². The van der Waals surface area contributed by atoms with Crippen LogP contribution in [0.3, 0.4) is 0 Å². The first kappa shape index (κ1) is 12.0. The second kappa shape index (κ2) is 5.70. The largest absolute Gasteiger partial charge is 0.357 e. The third-order valence-corrected chi connectivity index (χ3v) is 4.16. The summed E-state index contributed by atoms with van der Waals surface area (Å²) >= 11 is 0. The van der Waals surface area contributed by atoms with Crippen molar-refractivity contribution in [3.63, 3.8) is 0 Å². The number of pyridine rings is 1. The van der Waals surface area contributed by atoms with Gasteiger partial charge in [-0.1, -0.05) is 18.9 Å². The van der Waals surface area contributed by atoms with Crippen LogP contribution >= 0.6 is 0 Å². The number of rotatable bonds is 2. The number of anilines is 1. The fraction of sp³-hybridized carbons (Fsp3) is 0.667. The molecule has 0 aliphatic carbocycles. The Morgan fingerprint density at radius 2 is 1.89 bits per heavy atom. The minimum Gasteiger partial charge on any atom is -0.357 e. The van der Waals surface area contributed by atoms with Gasteiger partial charge in [0.1, 0.15) is 5.82 Å². The van der Waals surface area contributed by atoms with Gasteiger partial charge >= 0.3 is 0 Å². The Bertz CT molecular complexity index is 360. The normalized spacial score (nSPS) is 25.1. The standard InChI is InChI=1S/C15H23N3/c1-2-4-11-18(10-3-1)15-8-7-13(12-17-15)14-6-5-9-16-14/h7-8,12,14,16H,1-6,9-11H2. The molecular weight excluding hydrogens is 222 g/mol. The van der Waals surface area contributed by atoms with Gasteiger partial charge in [-0.15, -0.1) is 0 Å². The lowest BCUT2D eigenvalue weighted by molar-refractivity contribution is 0.644. The van der Waals surface area contributed by atoms with Gasteiger partial charge in [0.25, 0.3) is 0 Å². The van der Waals surface area contributed by atoms with Crippen molar-refractivity contribution < 1.29 is 0 Å². The summed E-state index contributed by atoms with van der Waals surface area (Å²) < 4.78 is 0. The summed E-state index contributed by atoms with van der Waals surface area (Å²) in [5, 5.41) is 3.53. The summed E-state index contributed by atoms with van der Waals surface area (Å²) in [5.41, 5.74) is 1.35. The molecule has 2 aliphatic rings. The molecule has 1 unspecified atom stereocenters. The molecule has 0 bridgehead atoms. The molecule has 1 N–H and O–H groups in total. The molecule has 1 aromatic heterocycles. The Morgan fingerprint density at radius 1 is 1.06 bits per heavy atom. The van der Waals surface area contributed by atoms with Gasteiger partial charge in [-0.2, -0.15) is 0 Å². The highest BCUT2D eigenvalue weighted by Crippen LogP contribution is 2.24. The quantitative estimate of drug-likeness (QED) is 0.868. The van der Waals surface area contributed by atoms with Crippen LogP contribution in [0.4, 0.5) is 5.82 Å². The van der Waals surface area contributed by atoms with Crippen LogP contribution in [-0.4, -0.2) is 24.6 Å². The molecule has 0 spiro atoms. The maximum atomic E-state index is 4.67. The summed E-state index contributed by atoms with van der Waals surface area (Å²) in [6.45, 7) is 3.50. The zero-order valence-corrected chi connectivity index (χ0v) is 11.1. The van der Waals surface area contributed by atoms with Crippen molar-refractivity contribution >= 4 is 5.82 Å². The van der Waals surface area contributed by atoms with E-state index in [0.29, 0.717) is 6.04 Å². The van der Waals surface area contributed by atoms with Gasteiger partial charge in [0.05, 0.1) is 0 Å². The zero-order chi connectivity index (χ0) is 12.2. The van der Waals surface area contributed by atoms with E-state index in [1.54, 1.807) is 0 Å². The molecule has 0 saturated carbocycles. The molecule has 0 amide bonds. The van der Waals surface area contributed by atoms with E-state index in [-0.39, 0.29) is 0 Å². The SMILES string of the molecule is c1cc(N2CCCCCC2)ncc1C1CCCN1. The van der Waals surface area contributed by atoms with Crippen LogP contribution < -0.4 is 10.2 Å². The molecule has 3 nitrogen and oxygen atoms in total. The molecule has 18 heavy (non-hydrogen) atoms. The molecule has 2 saturated heterocycles. The maximum absolute atomic E-state index is 4.67. The number of aromatic nitrogens is 1. The number of nitrogens with one attached hydrogen (secondary N) is 1. The molecule has 0 radical (unpaired) electrons. The highest BCUT2D eigenvalue weighted by atomic mass is 15.2. The van der Waals surface area contributed by atoms with Gasteiger partial charge in [-0.25, -0.2) is 4.98 Å². The highest BCUT2D eigenvalue weighted by molar-refractivity contribution is 5.40. The summed E-state index contributed by atoms with van der Waals surface area (Å²) in [6.07, 6.45) is 9.99. The number of hydrogen-bond donors (Lipinski definition) is 1. The van der Waals surface area contributed by atoms with Crippen LogP contribution in [-0.2, 0) is 0 Å². The first-order valence-corrected chi connectivity index (χ1v) is 7.38. The van der Waals surface area contributed by atoms with Gasteiger partial charge in [-0.05, 0) is 43.9 Å². The van der Waals surface area contributed by atoms with Gasteiger partial charge < -0.3 is 10.2 Å². The number of hydrogen-bond acceptors (Lipinski definition) is 3. The summed E-state index contributed by atoms with van der Waals surface area (Å²) in [6, 6.07) is 5.01. The van der Waals surface area contributed by atoms with Gasteiger partial charge in [0.15, 0.2) is 0 Å². The topological polar surface area (TPSA) is 28.2 Å². The lowest BCUT2D eigenvalue weighted by Crippen LogP contribution is -2.25. The summed E-state index contributed by atoms with van der Waals surface area (Å²) in [5.74, 6) is 1.17. The van der Waals surface area contributed by atoms with Crippen molar-refractivity contribution in [2.24, 2.45) is 0 Å². The van der Waals surface area contributed by atoms with Crippen molar-refractivity contribution in [2.75, 3.05) is 24.5 Å². The Morgan fingerprint density at radius 3 is 2.50 bits per heavy atom. The lowest BCUT2D eigenvalue weighted by atomic mass is 10.1. The highest BCUT2D eigenvalue weighted by Gasteiger charge is 2.17. The zero-order valence-electron chi connectivity index (χ0n) is 11.1. The van der Waals surface area contributed by atoms with E-state index >= 15 is 0 Å². The first-order valence-electron chi connectivity index (χ1n) is 7.38. The molecule has 0 aromatic carbocycles. The molecule has 3 heteroatoms. The summed E-state index contributed by atoms with van der Waals surface area (Å²) in [7, 11) is 0. The third-order valence-electron chi connectivity index (χ3n) is 4.16. The van der Waals surface area contributed by atoms with E-state index in [0.717, 1.165) is 6.54 Å². The molecule has 3 heterocycles. The van der Waals surface area contributed by atoms with Crippen LogP contribution in [0, 0.1) is 0 Å². The fourth-order valence-electron chi connectivity index (χ4n) is 3.06. The Hall–Kier alpha value is -1.09. The van der Waals surface area contributed by atoms with E-state index in [2.05, 4.69) is 33.5 Å². The van der Waals surface area contributed by atoms with Crippen LogP contribution in [0.5, 0.6) is 0 Å². The van der Waals surface area contributed by atoms with E-state index in [9.17, 15) is 0 Å². The Labute approximate surface area is 110 Å². The van der Waals surface area contributed by atoms with Crippen molar-refractivity contribution in [2.45, 2.75) is 44.6 Å². The molecular formula is C15H23N3. The van der Waals surface area contributed by atoms with Crippen molar-refractivity contribution in [3.05, 3.63) is 23.9 Å². The molecule has 3 rings (SSSR count). The smallest absolute Gasteiger partial charge is 0.128 e. The number of nitrogens with zero attached hydrogens (tertiary/aromatic N) is 2. The minimum atomic E-state index is 0.538. The van der Waals surface area contributed by atoms with Crippen LogP contribution in [0.25, 0.3) is 0 Å². The van der Waals surface area contributed by atoms with Crippen LogP contribution in [0.1, 0.15) is 50.1 Å². The second-order valence-electron chi connectivity index (χ2n) is 5.50. The average Bonchev–Trinajstić information content (AvgIpc) is 2.82. The monoisotopic (exact) mass is 245 g/mol. The predicted molar refractivity (Wildman–Crippen MR) is 74.9 cm³/mol. The summed E-state index contributed by atoms with van der Waals surface area (Å²) in [4.78, 5) is 7.12. The molecule has 1 aromatic rings. The van der Waals surface area contributed by atoms with Crippen molar-refractivity contribution in [1.82, 2.24) is 10.3 Å². The van der Waals surface area contributed by atoms with Crippen LogP contribution in [0.2, 0.25) is 0 Å². The van der Waals surface area contributed by atoms with Crippen LogP contribution in [0.15, 0.2) is 18.3 Å². The molecule has 98 valence electrons. The molecule has 2 fully saturated rings. The molecule has 2 aliphatic heterocycles. The Kier molecular flexibility index (Phi) is 3.79. The predicted octanol–water partition coefficient (Wildman–Crippen LogP) is 2.89. The fourth-order valence-corrected chi connectivity index (χ4v) is 3.06. The third kappa shape index (κ3) is 2.66. The van der Waals surface area contributed by atoms with Gasteiger partial charge in [0, 0.05) is 25.3 Å².